The van der Waals surface area contributed by atoms with E-state index in [-0.39, 0.29) is 24.3 Å². The fourth-order valence-corrected chi connectivity index (χ4v) is 1.62. The number of aryl methyl sites for hydroxylation is 1. The summed E-state index contributed by atoms with van der Waals surface area (Å²) in [5, 5.41) is 8.54. The van der Waals surface area contributed by atoms with Crippen molar-refractivity contribution in [3.63, 3.8) is 0 Å². The topological polar surface area (TPSA) is 63.3 Å². The molecule has 0 aliphatic heterocycles. The molecule has 2 aromatic rings. The summed E-state index contributed by atoms with van der Waals surface area (Å²) in [5.74, 6) is -0.627. The van der Waals surface area contributed by atoms with Gasteiger partial charge in [0.05, 0.1) is 18.2 Å². The lowest BCUT2D eigenvalue weighted by Gasteiger charge is -2.06. The molecule has 0 fully saturated rings. The average molecular weight is 285 g/mol. The van der Waals surface area contributed by atoms with E-state index in [9.17, 15) is 18.0 Å². The van der Waals surface area contributed by atoms with Crippen molar-refractivity contribution < 1.29 is 27.5 Å². The second-order valence-electron chi connectivity index (χ2n) is 4.10. The number of benzene rings is 1. The molecule has 0 atom stereocenters. The molecule has 0 spiro atoms. The van der Waals surface area contributed by atoms with Gasteiger partial charge in [-0.2, -0.15) is 13.2 Å². The minimum atomic E-state index is -4.44. The van der Waals surface area contributed by atoms with Gasteiger partial charge in [-0.15, -0.1) is 0 Å². The predicted molar refractivity (Wildman–Crippen MR) is 62.9 cm³/mol. The molecule has 7 heteroatoms. The molecule has 0 aliphatic carbocycles. The van der Waals surface area contributed by atoms with Crippen molar-refractivity contribution in [2.75, 3.05) is 0 Å². The van der Waals surface area contributed by atoms with Gasteiger partial charge in [0.15, 0.2) is 0 Å². The summed E-state index contributed by atoms with van der Waals surface area (Å²) < 4.78 is 43.0. The van der Waals surface area contributed by atoms with Gasteiger partial charge in [0.25, 0.3) is 0 Å². The molecule has 0 unspecified atom stereocenters. The number of carbonyl (C=O) groups is 1. The second-order valence-corrected chi connectivity index (χ2v) is 4.10. The highest BCUT2D eigenvalue weighted by molar-refractivity contribution is 5.67. The first-order valence-corrected chi connectivity index (χ1v) is 5.70. The number of oxazole rings is 1. The molecule has 1 aromatic heterocycles. The Morgan fingerprint density at radius 2 is 2.10 bits per heavy atom. The number of halogens is 3. The molecular weight excluding hydrogens is 275 g/mol. The van der Waals surface area contributed by atoms with Gasteiger partial charge in [-0.05, 0) is 18.2 Å². The Balaban J connectivity index is 2.22. The van der Waals surface area contributed by atoms with E-state index in [1.165, 1.54) is 18.3 Å². The van der Waals surface area contributed by atoms with E-state index in [2.05, 4.69) is 4.98 Å². The average Bonchev–Trinajstić information content (AvgIpc) is 2.84. The van der Waals surface area contributed by atoms with Gasteiger partial charge < -0.3 is 9.52 Å². The summed E-state index contributed by atoms with van der Waals surface area (Å²) in [4.78, 5) is 14.3. The van der Waals surface area contributed by atoms with Crippen molar-refractivity contribution in [2.45, 2.75) is 19.0 Å². The molecular formula is C13H10F3NO3. The Kier molecular flexibility index (Phi) is 3.78. The van der Waals surface area contributed by atoms with E-state index < -0.39 is 17.7 Å². The van der Waals surface area contributed by atoms with Crippen LogP contribution in [0.25, 0.3) is 11.5 Å². The van der Waals surface area contributed by atoms with E-state index >= 15 is 0 Å². The number of rotatable bonds is 4. The Hall–Kier alpha value is -2.31. The van der Waals surface area contributed by atoms with Crippen molar-refractivity contribution in [3.8, 4) is 11.5 Å². The quantitative estimate of drug-likeness (QED) is 0.935. The first-order chi connectivity index (χ1) is 9.36. The van der Waals surface area contributed by atoms with Gasteiger partial charge in [0.1, 0.15) is 5.76 Å². The van der Waals surface area contributed by atoms with Gasteiger partial charge in [0.2, 0.25) is 5.89 Å². The van der Waals surface area contributed by atoms with E-state index in [0.717, 1.165) is 12.1 Å². The lowest BCUT2D eigenvalue weighted by molar-refractivity contribution is -0.138. The lowest BCUT2D eigenvalue weighted by atomic mass is 10.1. The van der Waals surface area contributed by atoms with Crippen LogP contribution in [0.4, 0.5) is 13.2 Å². The molecule has 0 bridgehead atoms. The van der Waals surface area contributed by atoms with Crippen LogP contribution in [0, 0.1) is 0 Å². The number of hydrogen-bond donors (Lipinski definition) is 1. The molecule has 1 heterocycles. The zero-order valence-electron chi connectivity index (χ0n) is 10.1. The van der Waals surface area contributed by atoms with Gasteiger partial charge in [-0.3, -0.25) is 4.79 Å². The molecule has 1 aromatic carbocycles. The predicted octanol–water partition coefficient (Wildman–Crippen LogP) is 3.38. The molecule has 20 heavy (non-hydrogen) atoms. The van der Waals surface area contributed by atoms with Crippen LogP contribution < -0.4 is 0 Å². The zero-order valence-corrected chi connectivity index (χ0v) is 10.1. The smallest absolute Gasteiger partial charge is 0.416 e. The zero-order chi connectivity index (χ0) is 14.8. The SMILES string of the molecule is O=C(O)CCc1cnc(-c2cccc(C(F)(F)F)c2)o1. The summed E-state index contributed by atoms with van der Waals surface area (Å²) in [6, 6.07) is 4.60. The normalized spacial score (nSPS) is 11.6. The van der Waals surface area contributed by atoms with Crippen LogP contribution in [0.2, 0.25) is 0 Å². The Morgan fingerprint density at radius 3 is 2.75 bits per heavy atom. The number of carboxylic acids is 1. The number of hydrogen-bond acceptors (Lipinski definition) is 3. The maximum absolute atomic E-state index is 12.6. The third-order valence-corrected chi connectivity index (χ3v) is 2.58. The van der Waals surface area contributed by atoms with Crippen molar-refractivity contribution in [3.05, 3.63) is 41.8 Å². The van der Waals surface area contributed by atoms with Gasteiger partial charge in [-0.25, -0.2) is 4.98 Å². The molecule has 0 saturated heterocycles. The lowest BCUT2D eigenvalue weighted by Crippen LogP contribution is -2.04. The number of carboxylic acid groups (broad SMARTS) is 1. The van der Waals surface area contributed by atoms with E-state index in [1.54, 1.807) is 0 Å². The minimum absolute atomic E-state index is 0.0384. The van der Waals surface area contributed by atoms with Crippen LogP contribution in [-0.2, 0) is 17.4 Å². The summed E-state index contributed by atoms with van der Waals surface area (Å²) in [7, 11) is 0. The standard InChI is InChI=1S/C13H10F3NO3/c14-13(15,16)9-3-1-2-8(6-9)12-17-7-10(20-12)4-5-11(18)19/h1-3,6-7H,4-5H2,(H,18,19). The summed E-state index contributed by atoms with van der Waals surface area (Å²) >= 11 is 0. The number of alkyl halides is 3. The Bertz CT molecular complexity index is 619. The van der Waals surface area contributed by atoms with Crippen LogP contribution >= 0.6 is 0 Å². The Morgan fingerprint density at radius 1 is 1.35 bits per heavy atom. The van der Waals surface area contributed by atoms with Crippen LogP contribution in [0.5, 0.6) is 0 Å². The third kappa shape index (κ3) is 3.37. The Labute approximate surface area is 111 Å². The summed E-state index contributed by atoms with van der Waals surface area (Å²) in [6.45, 7) is 0. The number of aliphatic carboxylic acids is 1. The highest BCUT2D eigenvalue weighted by atomic mass is 19.4. The van der Waals surface area contributed by atoms with Crippen molar-refractivity contribution in [1.82, 2.24) is 4.98 Å². The molecule has 106 valence electrons. The monoisotopic (exact) mass is 285 g/mol. The van der Waals surface area contributed by atoms with Gasteiger partial charge >= 0.3 is 12.1 Å². The molecule has 1 N–H and O–H groups in total. The summed E-state index contributed by atoms with van der Waals surface area (Å²) in [5.41, 5.74) is -0.596. The highest BCUT2D eigenvalue weighted by Gasteiger charge is 2.30. The van der Waals surface area contributed by atoms with Crippen molar-refractivity contribution in [1.29, 1.82) is 0 Å². The first-order valence-electron chi connectivity index (χ1n) is 5.70. The molecule has 0 amide bonds. The van der Waals surface area contributed by atoms with E-state index in [4.69, 9.17) is 9.52 Å². The van der Waals surface area contributed by atoms with E-state index in [1.807, 2.05) is 0 Å². The van der Waals surface area contributed by atoms with Crippen molar-refractivity contribution >= 4 is 5.97 Å². The summed E-state index contributed by atoms with van der Waals surface area (Å²) in [6.07, 6.45) is -3.11. The maximum atomic E-state index is 12.6. The van der Waals surface area contributed by atoms with Crippen LogP contribution in [0.15, 0.2) is 34.9 Å². The fraction of sp³-hybridized carbons (Fsp3) is 0.231. The fourth-order valence-electron chi connectivity index (χ4n) is 1.62. The molecule has 4 nitrogen and oxygen atoms in total. The van der Waals surface area contributed by atoms with Crippen LogP contribution in [0.1, 0.15) is 17.7 Å². The van der Waals surface area contributed by atoms with Gasteiger partial charge in [0, 0.05) is 12.0 Å². The molecule has 0 radical (unpaired) electrons. The molecule has 0 saturated carbocycles. The van der Waals surface area contributed by atoms with Crippen LogP contribution in [-0.4, -0.2) is 16.1 Å². The van der Waals surface area contributed by atoms with E-state index in [0.29, 0.717) is 5.76 Å². The highest BCUT2D eigenvalue weighted by Crippen LogP contribution is 2.32. The first kappa shape index (κ1) is 14.1. The molecule has 2 rings (SSSR count). The number of aromatic nitrogens is 1. The largest absolute Gasteiger partial charge is 0.481 e. The second kappa shape index (κ2) is 5.36. The van der Waals surface area contributed by atoms with Crippen molar-refractivity contribution in [2.24, 2.45) is 0 Å². The number of nitrogens with zero attached hydrogens (tertiary/aromatic N) is 1. The van der Waals surface area contributed by atoms with Crippen LogP contribution in [0.3, 0.4) is 0 Å². The minimum Gasteiger partial charge on any atom is -0.481 e. The maximum Gasteiger partial charge on any atom is 0.416 e. The molecule has 0 aliphatic rings. The third-order valence-electron chi connectivity index (χ3n) is 2.58. The van der Waals surface area contributed by atoms with Gasteiger partial charge in [-0.1, -0.05) is 6.07 Å².